The zero-order valence-electron chi connectivity index (χ0n) is 18.2. The van der Waals surface area contributed by atoms with Crippen molar-refractivity contribution in [3.05, 3.63) is 20.8 Å². The number of hydrogen-bond donors (Lipinski definition) is 2. The van der Waals surface area contributed by atoms with Gasteiger partial charge in [-0.05, 0) is 25.7 Å². The molecule has 1 aliphatic heterocycles. The molecular formula is C21H35N5O3S. The van der Waals surface area contributed by atoms with Crippen LogP contribution in [0.5, 0.6) is 0 Å². The van der Waals surface area contributed by atoms with Gasteiger partial charge < -0.3 is 10.6 Å². The van der Waals surface area contributed by atoms with E-state index in [2.05, 4.69) is 9.88 Å². The highest BCUT2D eigenvalue weighted by molar-refractivity contribution is 8.00. The minimum atomic E-state index is -0.584. The van der Waals surface area contributed by atoms with Crippen LogP contribution in [-0.2, 0) is 11.3 Å². The number of H-pyrrole nitrogens is 1. The lowest BCUT2D eigenvalue weighted by atomic mass is 9.93. The molecular weight excluding hydrogens is 402 g/mol. The lowest BCUT2D eigenvalue weighted by molar-refractivity contribution is -0.120. The maximum Gasteiger partial charge on any atom is 0.330 e. The Balaban J connectivity index is 1.89. The summed E-state index contributed by atoms with van der Waals surface area (Å²) in [5.74, 6) is 1.01. The van der Waals surface area contributed by atoms with Gasteiger partial charge in [-0.2, -0.15) is 11.8 Å². The van der Waals surface area contributed by atoms with Crippen LogP contribution < -0.4 is 21.9 Å². The van der Waals surface area contributed by atoms with Gasteiger partial charge >= 0.3 is 5.69 Å². The number of rotatable bonds is 8. The summed E-state index contributed by atoms with van der Waals surface area (Å²) in [6.45, 7) is 5.98. The third kappa shape index (κ3) is 4.94. The maximum absolute atomic E-state index is 13.4. The van der Waals surface area contributed by atoms with Crippen molar-refractivity contribution in [3.63, 3.8) is 0 Å². The number of aromatic nitrogens is 2. The summed E-state index contributed by atoms with van der Waals surface area (Å²) in [5.41, 5.74) is 5.26. The van der Waals surface area contributed by atoms with Crippen LogP contribution in [0.2, 0.25) is 0 Å². The van der Waals surface area contributed by atoms with Gasteiger partial charge in [0.2, 0.25) is 5.91 Å². The van der Waals surface area contributed by atoms with E-state index in [0.717, 1.165) is 31.6 Å². The molecule has 1 saturated heterocycles. The number of anilines is 2. The maximum atomic E-state index is 13.4. The standard InChI is InChI=1S/C21H35N5O3S/c1-3-5-11-25(18-19(22)26(10-4-2)21(29)23-20(18)28)17(27)14-24-12-13-30-16-9-7-6-8-15(16)24/h15-16H,3-14,22H2,1-2H3,(H,23,28,29). The van der Waals surface area contributed by atoms with Crippen LogP contribution in [0.4, 0.5) is 11.5 Å². The number of amides is 1. The molecule has 1 amide bonds. The first-order valence-electron chi connectivity index (χ1n) is 11.3. The van der Waals surface area contributed by atoms with E-state index in [1.54, 1.807) is 0 Å². The molecule has 0 bridgehead atoms. The van der Waals surface area contributed by atoms with E-state index < -0.39 is 11.2 Å². The number of nitrogens with one attached hydrogen (secondary N) is 1. The number of hydrogen-bond acceptors (Lipinski definition) is 6. The zero-order valence-corrected chi connectivity index (χ0v) is 19.0. The van der Waals surface area contributed by atoms with Crippen LogP contribution >= 0.6 is 11.8 Å². The third-order valence-electron chi connectivity index (χ3n) is 6.15. The first kappa shape index (κ1) is 22.9. The summed E-state index contributed by atoms with van der Waals surface area (Å²) in [6.07, 6.45) is 7.18. The zero-order chi connectivity index (χ0) is 21.7. The summed E-state index contributed by atoms with van der Waals surface area (Å²) >= 11 is 2.03. The number of nitrogens with two attached hydrogens (primary N) is 1. The van der Waals surface area contributed by atoms with E-state index in [4.69, 9.17) is 5.73 Å². The van der Waals surface area contributed by atoms with Gasteiger partial charge in [0.05, 0.1) is 6.54 Å². The van der Waals surface area contributed by atoms with Crippen molar-refractivity contribution < 1.29 is 4.79 Å². The average molecular weight is 438 g/mol. The largest absolute Gasteiger partial charge is 0.383 e. The lowest BCUT2D eigenvalue weighted by Gasteiger charge is -2.43. The molecule has 3 N–H and O–H groups in total. The number of carbonyl (C=O) groups excluding carboxylic acids is 1. The SMILES string of the molecule is CCCCN(C(=O)CN1CCSC2CCCCC21)c1c(N)n(CCC)c(=O)[nH]c1=O. The predicted molar refractivity (Wildman–Crippen MR) is 123 cm³/mol. The highest BCUT2D eigenvalue weighted by Crippen LogP contribution is 2.35. The fraction of sp³-hybridized carbons (Fsp3) is 0.762. The Morgan fingerprint density at radius 2 is 2.00 bits per heavy atom. The summed E-state index contributed by atoms with van der Waals surface area (Å²) < 4.78 is 1.36. The van der Waals surface area contributed by atoms with Gasteiger partial charge in [-0.25, -0.2) is 4.79 Å². The van der Waals surface area contributed by atoms with Gasteiger partial charge in [0.15, 0.2) is 5.69 Å². The van der Waals surface area contributed by atoms with E-state index in [9.17, 15) is 14.4 Å². The molecule has 30 heavy (non-hydrogen) atoms. The first-order chi connectivity index (χ1) is 14.5. The minimum absolute atomic E-state index is 0.0831. The summed E-state index contributed by atoms with van der Waals surface area (Å²) in [4.78, 5) is 44.5. The number of thioether (sulfide) groups is 1. The topological polar surface area (TPSA) is 104 Å². The van der Waals surface area contributed by atoms with Crippen LogP contribution in [0.25, 0.3) is 0 Å². The van der Waals surface area contributed by atoms with Gasteiger partial charge in [0, 0.05) is 36.7 Å². The molecule has 2 atom stereocenters. The van der Waals surface area contributed by atoms with Gasteiger partial charge in [-0.1, -0.05) is 33.1 Å². The third-order valence-corrected chi connectivity index (χ3v) is 7.55. The molecule has 2 fully saturated rings. The van der Waals surface area contributed by atoms with Crippen LogP contribution in [0, 0.1) is 0 Å². The molecule has 2 heterocycles. The average Bonchev–Trinajstić information content (AvgIpc) is 2.73. The van der Waals surface area contributed by atoms with Gasteiger partial charge in [-0.3, -0.25) is 24.0 Å². The van der Waals surface area contributed by atoms with E-state index in [1.165, 1.54) is 28.7 Å². The van der Waals surface area contributed by atoms with Gasteiger partial charge in [0.25, 0.3) is 5.56 Å². The van der Waals surface area contributed by atoms with Gasteiger partial charge in [-0.15, -0.1) is 0 Å². The predicted octanol–water partition coefficient (Wildman–Crippen LogP) is 2.02. The minimum Gasteiger partial charge on any atom is -0.383 e. The lowest BCUT2D eigenvalue weighted by Crippen LogP contribution is -2.53. The number of fused-ring (bicyclic) bond motifs is 1. The Morgan fingerprint density at radius 3 is 2.73 bits per heavy atom. The van der Waals surface area contributed by atoms with Crippen LogP contribution in [0.15, 0.2) is 9.59 Å². The second-order valence-electron chi connectivity index (χ2n) is 8.28. The van der Waals surface area contributed by atoms with E-state index in [0.29, 0.717) is 30.8 Å². The molecule has 2 unspecified atom stereocenters. The Labute approximate surface area is 182 Å². The molecule has 0 aromatic carbocycles. The number of nitrogen functional groups attached to an aromatic ring is 1. The van der Waals surface area contributed by atoms with Crippen molar-refractivity contribution in [2.75, 3.05) is 36.0 Å². The molecule has 2 aliphatic rings. The van der Waals surface area contributed by atoms with Crippen molar-refractivity contribution in [2.45, 2.75) is 76.6 Å². The molecule has 1 saturated carbocycles. The van der Waals surface area contributed by atoms with Crippen molar-refractivity contribution in [2.24, 2.45) is 0 Å². The van der Waals surface area contributed by atoms with Gasteiger partial charge in [0.1, 0.15) is 5.82 Å². The second-order valence-corrected chi connectivity index (χ2v) is 9.62. The number of aromatic amines is 1. The molecule has 168 valence electrons. The quantitative estimate of drug-likeness (QED) is 0.645. The Bertz CT molecular complexity index is 850. The van der Waals surface area contributed by atoms with Crippen LogP contribution in [0.1, 0.15) is 58.8 Å². The normalized spacial score (nSPS) is 21.9. The molecule has 0 spiro atoms. The van der Waals surface area contributed by atoms with Crippen molar-refractivity contribution >= 4 is 29.2 Å². The molecule has 3 rings (SSSR count). The summed E-state index contributed by atoms with van der Waals surface area (Å²) in [6, 6.07) is 0.430. The Hall–Kier alpha value is -1.74. The Morgan fingerprint density at radius 1 is 1.23 bits per heavy atom. The number of nitrogens with zero attached hydrogens (tertiary/aromatic N) is 3. The van der Waals surface area contributed by atoms with Crippen LogP contribution in [0.3, 0.4) is 0 Å². The summed E-state index contributed by atoms with van der Waals surface area (Å²) in [7, 11) is 0. The molecule has 1 aromatic heterocycles. The number of unbranched alkanes of at least 4 members (excludes halogenated alkanes) is 1. The molecule has 1 aliphatic carbocycles. The Kier molecular flexibility index (Phi) is 8.05. The van der Waals surface area contributed by atoms with E-state index in [-0.39, 0.29) is 24.0 Å². The highest BCUT2D eigenvalue weighted by Gasteiger charge is 2.36. The smallest absolute Gasteiger partial charge is 0.330 e. The van der Waals surface area contributed by atoms with Crippen LogP contribution in [-0.4, -0.2) is 57.0 Å². The molecule has 1 aromatic rings. The fourth-order valence-corrected chi connectivity index (χ4v) is 6.10. The first-order valence-corrected chi connectivity index (χ1v) is 12.3. The molecule has 0 radical (unpaired) electrons. The summed E-state index contributed by atoms with van der Waals surface area (Å²) in [5, 5.41) is 0.601. The fourth-order valence-electron chi connectivity index (χ4n) is 4.59. The van der Waals surface area contributed by atoms with E-state index in [1.807, 2.05) is 25.6 Å². The molecule has 8 nitrogen and oxygen atoms in total. The second kappa shape index (κ2) is 10.5. The van der Waals surface area contributed by atoms with Crippen molar-refractivity contribution in [3.8, 4) is 0 Å². The highest BCUT2D eigenvalue weighted by atomic mass is 32.2. The van der Waals surface area contributed by atoms with Crippen molar-refractivity contribution in [1.29, 1.82) is 0 Å². The molecule has 9 heteroatoms. The number of carbonyl (C=O) groups is 1. The van der Waals surface area contributed by atoms with Crippen molar-refractivity contribution in [1.82, 2.24) is 14.5 Å². The monoisotopic (exact) mass is 437 g/mol. The van der Waals surface area contributed by atoms with E-state index >= 15 is 0 Å².